The van der Waals surface area contributed by atoms with Crippen molar-refractivity contribution in [2.45, 2.75) is 19.8 Å². The van der Waals surface area contributed by atoms with Crippen molar-refractivity contribution in [1.82, 2.24) is 0 Å². The minimum Gasteiger partial charge on any atom is -0.379 e. The second kappa shape index (κ2) is 10.4. The van der Waals surface area contributed by atoms with Crippen molar-refractivity contribution < 1.29 is 9.47 Å². The molecular weight excluding hydrogens is 208 g/mol. The average Bonchev–Trinajstić information content (AvgIpc) is 2.03. The van der Waals surface area contributed by atoms with Crippen molar-refractivity contribution in [3.05, 3.63) is 0 Å². The van der Waals surface area contributed by atoms with Gasteiger partial charge in [0, 0.05) is 18.5 Å². The van der Waals surface area contributed by atoms with Crippen LogP contribution in [0.15, 0.2) is 0 Å². The van der Waals surface area contributed by atoms with Gasteiger partial charge in [-0.2, -0.15) is 0 Å². The van der Waals surface area contributed by atoms with E-state index in [0.717, 1.165) is 38.2 Å². The quantitative estimate of drug-likeness (QED) is 0.465. The van der Waals surface area contributed by atoms with Crippen LogP contribution in [0.1, 0.15) is 19.8 Å². The lowest BCUT2D eigenvalue weighted by Gasteiger charge is -2.02. The van der Waals surface area contributed by atoms with Crippen molar-refractivity contribution >= 4 is 15.9 Å². The summed E-state index contributed by atoms with van der Waals surface area (Å²) >= 11 is 3.36. The summed E-state index contributed by atoms with van der Waals surface area (Å²) in [7, 11) is 0. The summed E-state index contributed by atoms with van der Waals surface area (Å²) < 4.78 is 10.4. The molecule has 0 spiro atoms. The predicted octanol–water partition coefficient (Wildman–Crippen LogP) is 2.21. The maximum atomic E-state index is 5.29. The number of alkyl halides is 1. The van der Waals surface area contributed by atoms with Gasteiger partial charge in [-0.3, -0.25) is 0 Å². The van der Waals surface area contributed by atoms with Crippen LogP contribution < -0.4 is 0 Å². The monoisotopic (exact) mass is 224 g/mol. The fraction of sp³-hybridized carbons (Fsp3) is 1.00. The molecule has 0 unspecified atom stereocenters. The number of ether oxygens (including phenoxy) is 2. The predicted molar refractivity (Wildman–Crippen MR) is 50.3 cm³/mol. The van der Waals surface area contributed by atoms with Gasteiger partial charge in [-0.15, -0.1) is 0 Å². The summed E-state index contributed by atoms with van der Waals surface area (Å²) in [5.41, 5.74) is 0. The van der Waals surface area contributed by atoms with Gasteiger partial charge in [0.05, 0.1) is 13.2 Å². The molecule has 2 nitrogen and oxygen atoms in total. The molecule has 0 saturated heterocycles. The second-order valence-corrected chi connectivity index (χ2v) is 3.00. The second-order valence-electron chi connectivity index (χ2n) is 2.21. The van der Waals surface area contributed by atoms with E-state index >= 15 is 0 Å². The van der Waals surface area contributed by atoms with E-state index in [1.807, 2.05) is 6.92 Å². The van der Waals surface area contributed by atoms with Crippen molar-refractivity contribution in [3.63, 3.8) is 0 Å². The summed E-state index contributed by atoms with van der Waals surface area (Å²) in [4.78, 5) is 0. The number of unbranched alkanes of at least 4 members (excludes halogenated alkanes) is 1. The van der Waals surface area contributed by atoms with Crippen molar-refractivity contribution in [1.29, 1.82) is 0 Å². The summed E-state index contributed by atoms with van der Waals surface area (Å²) in [5.74, 6) is 0. The van der Waals surface area contributed by atoms with Crippen LogP contribution in [-0.2, 0) is 9.47 Å². The molecule has 0 N–H and O–H groups in total. The third kappa shape index (κ3) is 10.4. The van der Waals surface area contributed by atoms with E-state index in [9.17, 15) is 0 Å². The molecule has 0 atom stereocenters. The van der Waals surface area contributed by atoms with Gasteiger partial charge in [0.1, 0.15) is 0 Å². The van der Waals surface area contributed by atoms with Crippen LogP contribution in [0.4, 0.5) is 0 Å². The van der Waals surface area contributed by atoms with E-state index in [0.29, 0.717) is 0 Å². The summed E-state index contributed by atoms with van der Waals surface area (Å²) in [6.45, 7) is 5.09. The first kappa shape index (κ1) is 11.4. The van der Waals surface area contributed by atoms with E-state index in [1.54, 1.807) is 0 Å². The molecule has 0 bridgehead atoms. The Morgan fingerprint density at radius 1 is 1.00 bits per heavy atom. The minimum atomic E-state index is 0.727. The van der Waals surface area contributed by atoms with Crippen LogP contribution in [0.3, 0.4) is 0 Å². The van der Waals surface area contributed by atoms with Crippen LogP contribution in [0, 0.1) is 0 Å². The van der Waals surface area contributed by atoms with Crippen LogP contribution in [0.25, 0.3) is 0 Å². The lowest BCUT2D eigenvalue weighted by molar-refractivity contribution is 0.0518. The van der Waals surface area contributed by atoms with Crippen LogP contribution in [0.5, 0.6) is 0 Å². The normalized spacial score (nSPS) is 10.4. The minimum absolute atomic E-state index is 0.727. The largest absolute Gasteiger partial charge is 0.379 e. The van der Waals surface area contributed by atoms with Crippen molar-refractivity contribution in [2.24, 2.45) is 0 Å². The Bertz CT molecular complexity index is 61.1. The Kier molecular flexibility index (Phi) is 10.8. The van der Waals surface area contributed by atoms with Gasteiger partial charge >= 0.3 is 0 Å². The number of hydrogen-bond donors (Lipinski definition) is 0. The molecule has 0 heterocycles. The fourth-order valence-corrected chi connectivity index (χ4v) is 1.06. The highest BCUT2D eigenvalue weighted by Gasteiger charge is 1.88. The molecule has 0 fully saturated rings. The molecular formula is C8H17BrO2. The first-order valence-corrected chi connectivity index (χ1v) is 5.25. The van der Waals surface area contributed by atoms with E-state index in [-0.39, 0.29) is 0 Å². The number of rotatable bonds is 8. The Balaban J connectivity index is 2.69. The molecule has 0 aromatic heterocycles. The van der Waals surface area contributed by atoms with Gasteiger partial charge in [0.25, 0.3) is 0 Å². The Labute approximate surface area is 77.4 Å². The maximum Gasteiger partial charge on any atom is 0.0700 e. The summed E-state index contributed by atoms with van der Waals surface area (Å²) in [6, 6.07) is 0. The molecule has 0 aliphatic rings. The van der Waals surface area contributed by atoms with E-state index < -0.39 is 0 Å². The highest BCUT2D eigenvalue weighted by atomic mass is 79.9. The SMILES string of the molecule is CCOCCOCCCCBr. The average molecular weight is 225 g/mol. The zero-order chi connectivity index (χ0) is 8.36. The molecule has 0 rings (SSSR count). The van der Waals surface area contributed by atoms with Crippen LogP contribution in [0.2, 0.25) is 0 Å². The van der Waals surface area contributed by atoms with Gasteiger partial charge in [-0.1, -0.05) is 15.9 Å². The van der Waals surface area contributed by atoms with Gasteiger partial charge in [-0.25, -0.2) is 0 Å². The molecule has 0 amide bonds. The Hall–Kier alpha value is 0.400. The van der Waals surface area contributed by atoms with Gasteiger partial charge in [0.2, 0.25) is 0 Å². The molecule has 0 aromatic rings. The Morgan fingerprint density at radius 2 is 1.73 bits per heavy atom. The lowest BCUT2D eigenvalue weighted by Crippen LogP contribution is -2.04. The third-order valence-electron chi connectivity index (χ3n) is 1.25. The smallest absolute Gasteiger partial charge is 0.0700 e. The van der Waals surface area contributed by atoms with Gasteiger partial charge in [0.15, 0.2) is 0 Å². The first-order valence-electron chi connectivity index (χ1n) is 4.13. The zero-order valence-electron chi connectivity index (χ0n) is 7.14. The molecule has 0 radical (unpaired) electrons. The van der Waals surface area contributed by atoms with Crippen molar-refractivity contribution in [3.8, 4) is 0 Å². The standard InChI is InChI=1S/C8H17BrO2/c1-2-10-7-8-11-6-4-3-5-9/h2-8H2,1H3. The van der Waals surface area contributed by atoms with Gasteiger partial charge < -0.3 is 9.47 Å². The molecule has 0 aromatic carbocycles. The van der Waals surface area contributed by atoms with Crippen molar-refractivity contribution in [2.75, 3.05) is 31.8 Å². The van der Waals surface area contributed by atoms with E-state index in [4.69, 9.17) is 9.47 Å². The lowest BCUT2D eigenvalue weighted by atomic mass is 10.4. The fourth-order valence-electron chi connectivity index (χ4n) is 0.663. The molecule has 68 valence electrons. The molecule has 0 aliphatic carbocycles. The molecule has 0 saturated carbocycles. The Morgan fingerprint density at radius 3 is 2.36 bits per heavy atom. The van der Waals surface area contributed by atoms with Gasteiger partial charge in [-0.05, 0) is 19.8 Å². The summed E-state index contributed by atoms with van der Waals surface area (Å²) in [6.07, 6.45) is 2.33. The first-order chi connectivity index (χ1) is 5.41. The zero-order valence-corrected chi connectivity index (χ0v) is 8.73. The topological polar surface area (TPSA) is 18.5 Å². The van der Waals surface area contributed by atoms with Crippen LogP contribution >= 0.6 is 15.9 Å². The maximum absolute atomic E-state index is 5.29. The number of hydrogen-bond acceptors (Lipinski definition) is 2. The highest BCUT2D eigenvalue weighted by molar-refractivity contribution is 9.09. The highest BCUT2D eigenvalue weighted by Crippen LogP contribution is 1.93. The molecule has 11 heavy (non-hydrogen) atoms. The third-order valence-corrected chi connectivity index (χ3v) is 1.81. The van der Waals surface area contributed by atoms with E-state index in [2.05, 4.69) is 15.9 Å². The van der Waals surface area contributed by atoms with Crippen LogP contribution in [-0.4, -0.2) is 31.8 Å². The summed E-state index contributed by atoms with van der Waals surface area (Å²) in [5, 5.41) is 1.07. The number of halogens is 1. The van der Waals surface area contributed by atoms with E-state index in [1.165, 1.54) is 6.42 Å². The molecule has 3 heteroatoms. The molecule has 0 aliphatic heterocycles.